The van der Waals surface area contributed by atoms with E-state index in [1.54, 1.807) is 11.8 Å². The number of nitrogens with one attached hydrogen (secondary N) is 1. The second-order valence-corrected chi connectivity index (χ2v) is 5.24. The smallest absolute Gasteiger partial charge is 0.309 e. The summed E-state index contributed by atoms with van der Waals surface area (Å²) in [6.45, 7) is 2.14. The first kappa shape index (κ1) is 12.4. The number of thioether (sulfide) groups is 1. The molecular weight excluding hydrogens is 238 g/mol. The molecule has 1 aliphatic rings. The number of aromatic amines is 1. The zero-order chi connectivity index (χ0) is 12.1. The number of cyclic esters (lactones) is 1. The Morgan fingerprint density at radius 2 is 2.53 bits per heavy atom. The van der Waals surface area contributed by atoms with Crippen LogP contribution in [0.2, 0.25) is 0 Å². The first-order valence-corrected chi connectivity index (χ1v) is 6.96. The van der Waals surface area contributed by atoms with E-state index in [-0.39, 0.29) is 18.0 Å². The Balaban J connectivity index is 1.74. The predicted molar refractivity (Wildman–Crippen MR) is 64.6 cm³/mol. The summed E-state index contributed by atoms with van der Waals surface area (Å²) in [5.74, 6) is 0.834. The van der Waals surface area contributed by atoms with Crippen LogP contribution in [0.5, 0.6) is 0 Å². The van der Waals surface area contributed by atoms with Crippen LogP contribution in [0.1, 0.15) is 32.6 Å². The average molecular weight is 255 g/mol. The van der Waals surface area contributed by atoms with Crippen LogP contribution < -0.4 is 0 Å². The molecule has 1 saturated heterocycles. The predicted octanol–water partition coefficient (Wildman–Crippen LogP) is 2.02. The van der Waals surface area contributed by atoms with Gasteiger partial charge in [-0.2, -0.15) is 5.10 Å². The van der Waals surface area contributed by atoms with Crippen molar-refractivity contribution in [1.29, 1.82) is 0 Å². The highest BCUT2D eigenvalue weighted by Gasteiger charge is 2.33. The van der Waals surface area contributed by atoms with E-state index in [1.807, 2.05) is 0 Å². The Kier molecular flexibility index (Phi) is 4.42. The minimum atomic E-state index is -0.0263. The fraction of sp³-hybridized carbons (Fsp3) is 0.727. The van der Waals surface area contributed by atoms with Crippen molar-refractivity contribution < 1.29 is 9.53 Å². The number of hydrogen-bond acceptors (Lipinski definition) is 5. The van der Waals surface area contributed by atoms with Crippen LogP contribution in [0, 0.1) is 5.92 Å². The van der Waals surface area contributed by atoms with E-state index in [1.165, 1.54) is 6.33 Å². The van der Waals surface area contributed by atoms with Gasteiger partial charge in [-0.05, 0) is 12.8 Å². The maximum atomic E-state index is 11.6. The summed E-state index contributed by atoms with van der Waals surface area (Å²) in [4.78, 5) is 15.6. The van der Waals surface area contributed by atoms with Crippen LogP contribution in [-0.2, 0) is 9.53 Å². The van der Waals surface area contributed by atoms with Crippen molar-refractivity contribution in [2.24, 2.45) is 5.92 Å². The van der Waals surface area contributed by atoms with Crippen LogP contribution in [0.3, 0.4) is 0 Å². The first-order chi connectivity index (χ1) is 8.29. The van der Waals surface area contributed by atoms with Gasteiger partial charge in [-0.25, -0.2) is 4.98 Å². The van der Waals surface area contributed by atoms with Crippen LogP contribution in [0.15, 0.2) is 11.5 Å². The molecule has 0 amide bonds. The van der Waals surface area contributed by atoms with Crippen molar-refractivity contribution >= 4 is 17.7 Å². The standard InChI is InChI=1S/C11H17N3O2S/c1-2-3-4-8-5-9(16-10(8)15)6-17-11-12-7-13-14-11/h7-9H,2-6H2,1H3,(H,12,13,14)/t8-,9-/m1/s1. The lowest BCUT2D eigenvalue weighted by Gasteiger charge is -2.06. The monoisotopic (exact) mass is 255 g/mol. The molecule has 0 radical (unpaired) electrons. The van der Waals surface area contributed by atoms with Gasteiger partial charge in [0.1, 0.15) is 12.4 Å². The Hall–Kier alpha value is -1.04. The summed E-state index contributed by atoms with van der Waals surface area (Å²) >= 11 is 1.55. The summed E-state index contributed by atoms with van der Waals surface area (Å²) < 4.78 is 5.35. The summed E-state index contributed by atoms with van der Waals surface area (Å²) in [5.41, 5.74) is 0. The third kappa shape index (κ3) is 3.46. The third-order valence-electron chi connectivity index (χ3n) is 2.87. The zero-order valence-electron chi connectivity index (χ0n) is 9.89. The number of H-pyrrole nitrogens is 1. The normalized spacial score (nSPS) is 23.9. The lowest BCUT2D eigenvalue weighted by Crippen LogP contribution is -2.09. The molecule has 5 nitrogen and oxygen atoms in total. The SMILES string of the molecule is CCCC[C@@H]1C[C@H](CSc2ncn[nH]2)OC1=O. The number of nitrogens with zero attached hydrogens (tertiary/aromatic N) is 2. The Morgan fingerprint density at radius 3 is 3.24 bits per heavy atom. The molecule has 0 saturated carbocycles. The Morgan fingerprint density at radius 1 is 1.65 bits per heavy atom. The highest BCUT2D eigenvalue weighted by atomic mass is 32.2. The van der Waals surface area contributed by atoms with E-state index in [9.17, 15) is 4.79 Å². The summed E-state index contributed by atoms with van der Waals surface area (Å²) in [6, 6.07) is 0. The van der Waals surface area contributed by atoms with Gasteiger partial charge in [0.05, 0.1) is 5.92 Å². The number of carbonyl (C=O) groups is 1. The van der Waals surface area contributed by atoms with E-state index in [0.29, 0.717) is 0 Å². The molecule has 2 rings (SSSR count). The van der Waals surface area contributed by atoms with Crippen LogP contribution in [0.4, 0.5) is 0 Å². The summed E-state index contributed by atoms with van der Waals surface area (Å²) in [6.07, 6.45) is 5.54. The van der Waals surface area contributed by atoms with Gasteiger partial charge in [-0.3, -0.25) is 9.89 Å². The summed E-state index contributed by atoms with van der Waals surface area (Å²) in [5, 5.41) is 7.33. The van der Waals surface area contributed by atoms with E-state index in [4.69, 9.17) is 4.74 Å². The van der Waals surface area contributed by atoms with Crippen molar-refractivity contribution in [2.75, 3.05) is 5.75 Å². The molecule has 2 atom stereocenters. The molecular formula is C11H17N3O2S. The molecule has 0 bridgehead atoms. The van der Waals surface area contributed by atoms with Crippen molar-refractivity contribution in [3.63, 3.8) is 0 Å². The van der Waals surface area contributed by atoms with Gasteiger partial charge in [0.2, 0.25) is 0 Å². The van der Waals surface area contributed by atoms with Gasteiger partial charge in [0.25, 0.3) is 0 Å². The highest BCUT2D eigenvalue weighted by molar-refractivity contribution is 7.99. The number of esters is 1. The Bertz CT molecular complexity index is 356. The molecule has 0 aromatic carbocycles. The largest absolute Gasteiger partial charge is 0.461 e. The second-order valence-electron chi connectivity index (χ2n) is 4.24. The van der Waals surface area contributed by atoms with Gasteiger partial charge in [-0.1, -0.05) is 31.5 Å². The molecule has 94 valence electrons. The zero-order valence-corrected chi connectivity index (χ0v) is 10.7. The maximum absolute atomic E-state index is 11.6. The van der Waals surface area contributed by atoms with Crippen molar-refractivity contribution in [2.45, 2.75) is 43.9 Å². The van der Waals surface area contributed by atoms with Gasteiger partial charge < -0.3 is 4.74 Å². The molecule has 0 spiro atoms. The third-order valence-corrected chi connectivity index (χ3v) is 3.88. The number of ether oxygens (including phenoxy) is 1. The van der Waals surface area contributed by atoms with Crippen LogP contribution >= 0.6 is 11.8 Å². The number of hydrogen-bond donors (Lipinski definition) is 1. The van der Waals surface area contributed by atoms with Gasteiger partial charge in [-0.15, -0.1) is 0 Å². The van der Waals surface area contributed by atoms with Gasteiger partial charge >= 0.3 is 5.97 Å². The molecule has 2 heterocycles. The molecule has 0 aliphatic carbocycles. The van der Waals surface area contributed by atoms with E-state index >= 15 is 0 Å². The molecule has 0 unspecified atom stereocenters. The van der Waals surface area contributed by atoms with E-state index in [0.717, 1.165) is 36.6 Å². The van der Waals surface area contributed by atoms with Crippen LogP contribution in [0.25, 0.3) is 0 Å². The number of rotatable bonds is 6. The van der Waals surface area contributed by atoms with E-state index in [2.05, 4.69) is 22.1 Å². The van der Waals surface area contributed by atoms with Gasteiger partial charge in [0.15, 0.2) is 5.16 Å². The maximum Gasteiger partial charge on any atom is 0.309 e. The molecule has 17 heavy (non-hydrogen) atoms. The average Bonchev–Trinajstić information content (AvgIpc) is 2.93. The summed E-state index contributed by atoms with van der Waals surface area (Å²) in [7, 11) is 0. The number of unbranched alkanes of at least 4 members (excludes halogenated alkanes) is 1. The highest BCUT2D eigenvalue weighted by Crippen LogP contribution is 2.28. The fourth-order valence-corrected chi connectivity index (χ4v) is 2.73. The lowest BCUT2D eigenvalue weighted by atomic mass is 9.99. The molecule has 6 heteroatoms. The van der Waals surface area contributed by atoms with Gasteiger partial charge in [0, 0.05) is 5.75 Å². The molecule has 1 fully saturated rings. The topological polar surface area (TPSA) is 67.9 Å². The van der Waals surface area contributed by atoms with Crippen LogP contribution in [-0.4, -0.2) is 33.0 Å². The number of aromatic nitrogens is 3. The first-order valence-electron chi connectivity index (χ1n) is 5.98. The molecule has 1 aliphatic heterocycles. The second kappa shape index (κ2) is 6.05. The number of carbonyl (C=O) groups excluding carboxylic acids is 1. The molecule has 1 N–H and O–H groups in total. The molecule has 1 aromatic rings. The Labute approximate surface area is 105 Å². The minimum absolute atomic E-state index is 0.0263. The van der Waals surface area contributed by atoms with Crippen molar-refractivity contribution in [3.8, 4) is 0 Å². The van der Waals surface area contributed by atoms with Crippen molar-refractivity contribution in [3.05, 3.63) is 6.33 Å². The quantitative estimate of drug-likeness (QED) is 0.622. The lowest BCUT2D eigenvalue weighted by molar-refractivity contribution is -0.143. The molecule has 1 aromatic heterocycles. The minimum Gasteiger partial charge on any atom is -0.461 e. The van der Waals surface area contributed by atoms with E-state index < -0.39 is 0 Å². The van der Waals surface area contributed by atoms with Crippen molar-refractivity contribution in [1.82, 2.24) is 15.2 Å². The fourth-order valence-electron chi connectivity index (χ4n) is 1.95.